The first kappa shape index (κ1) is 17.6. The van der Waals surface area contributed by atoms with Gasteiger partial charge in [0.2, 0.25) is 0 Å². The van der Waals surface area contributed by atoms with Gasteiger partial charge in [-0.3, -0.25) is 4.79 Å². The predicted octanol–water partition coefficient (Wildman–Crippen LogP) is 2.17. The zero-order valence-electron chi connectivity index (χ0n) is 13.3. The molecule has 0 saturated heterocycles. The van der Waals surface area contributed by atoms with Gasteiger partial charge in [0, 0.05) is 11.1 Å². The Kier molecular flexibility index (Phi) is 5.62. The first-order valence-electron chi connectivity index (χ1n) is 7.08. The molecule has 124 valence electrons. The number of rotatable bonds is 4. The zero-order valence-corrected chi connectivity index (χ0v) is 14.1. The van der Waals surface area contributed by atoms with Crippen molar-refractivity contribution < 1.29 is 14.3 Å². The maximum atomic E-state index is 13.0. The fourth-order valence-corrected chi connectivity index (χ4v) is 2.34. The molecule has 0 heterocycles. The van der Waals surface area contributed by atoms with Gasteiger partial charge in [0.1, 0.15) is 0 Å². The molecule has 4 N–H and O–H groups in total. The fourth-order valence-electron chi connectivity index (χ4n) is 2.23. The summed E-state index contributed by atoms with van der Waals surface area (Å²) in [7, 11) is 1.27. The van der Waals surface area contributed by atoms with Gasteiger partial charge in [-0.2, -0.15) is 0 Å². The molecule has 0 aliphatic rings. The molecule has 2 rings (SSSR count). The second-order valence-electron chi connectivity index (χ2n) is 5.01. The molecular formula is C17H17N3O3S. The Labute approximate surface area is 145 Å². The number of hydrogen-bond donors (Lipinski definition) is 3. The van der Waals surface area contributed by atoms with Gasteiger partial charge in [-0.15, -0.1) is 0 Å². The van der Waals surface area contributed by atoms with E-state index in [9.17, 15) is 9.59 Å². The van der Waals surface area contributed by atoms with Crippen molar-refractivity contribution in [2.24, 2.45) is 5.84 Å². The number of nitrogens with two attached hydrogens (primary N) is 1. The number of aryl methyl sites for hydroxylation is 1. The summed E-state index contributed by atoms with van der Waals surface area (Å²) in [5.74, 6) is 4.38. The van der Waals surface area contributed by atoms with Crippen LogP contribution in [-0.4, -0.2) is 24.0 Å². The molecule has 0 spiro atoms. The molecule has 0 unspecified atom stereocenters. The molecule has 0 radical (unpaired) electrons. The third-order valence-electron chi connectivity index (χ3n) is 3.38. The summed E-state index contributed by atoms with van der Waals surface area (Å²) in [5.41, 5.74) is 4.53. The number of benzene rings is 2. The summed E-state index contributed by atoms with van der Waals surface area (Å²) in [6.07, 6.45) is 0. The van der Waals surface area contributed by atoms with E-state index in [-0.39, 0.29) is 22.0 Å². The second-order valence-corrected chi connectivity index (χ2v) is 5.42. The van der Waals surface area contributed by atoms with Gasteiger partial charge >= 0.3 is 5.97 Å². The minimum Gasteiger partial charge on any atom is -0.465 e. The molecule has 0 fully saturated rings. The molecule has 6 nitrogen and oxygen atoms in total. The number of ketones is 1. The van der Waals surface area contributed by atoms with Crippen molar-refractivity contribution in [3.05, 3.63) is 64.7 Å². The van der Waals surface area contributed by atoms with Crippen LogP contribution in [0.15, 0.2) is 42.5 Å². The number of thiocarbonyl (C=S) groups is 1. The number of hydrogen-bond acceptors (Lipinski definition) is 5. The number of nitrogens with one attached hydrogen (secondary N) is 2. The van der Waals surface area contributed by atoms with Gasteiger partial charge in [-0.05, 0) is 37.3 Å². The van der Waals surface area contributed by atoms with Crippen LogP contribution in [0, 0.1) is 6.92 Å². The average Bonchev–Trinajstić information content (AvgIpc) is 2.61. The van der Waals surface area contributed by atoms with Gasteiger partial charge < -0.3 is 15.5 Å². The van der Waals surface area contributed by atoms with Crippen LogP contribution in [0.1, 0.15) is 31.8 Å². The number of anilines is 1. The molecular weight excluding hydrogens is 326 g/mol. The zero-order chi connectivity index (χ0) is 17.7. The third kappa shape index (κ3) is 3.76. The Morgan fingerprint density at radius 2 is 1.75 bits per heavy atom. The summed E-state index contributed by atoms with van der Waals surface area (Å²) >= 11 is 4.99. The van der Waals surface area contributed by atoms with Crippen molar-refractivity contribution in [3.63, 3.8) is 0 Å². The maximum Gasteiger partial charge on any atom is 0.338 e. The van der Waals surface area contributed by atoms with Crippen LogP contribution in [0.4, 0.5) is 5.69 Å². The van der Waals surface area contributed by atoms with Crippen LogP contribution in [0.25, 0.3) is 0 Å². The second kappa shape index (κ2) is 7.67. The van der Waals surface area contributed by atoms with E-state index in [4.69, 9.17) is 22.8 Å². The molecule has 0 bridgehead atoms. The Morgan fingerprint density at radius 3 is 2.38 bits per heavy atom. The van der Waals surface area contributed by atoms with Crippen molar-refractivity contribution >= 4 is 34.8 Å². The van der Waals surface area contributed by atoms with Crippen LogP contribution < -0.4 is 16.6 Å². The van der Waals surface area contributed by atoms with E-state index >= 15 is 0 Å². The highest BCUT2D eigenvalue weighted by molar-refractivity contribution is 7.80. The lowest BCUT2D eigenvalue weighted by atomic mass is 9.96. The Bertz CT molecular complexity index is 805. The standard InChI is InChI=1S/C17H17N3O3S/c1-10-7-8-14(19-17(24)20-18)13(9-10)15(21)11-5-3-4-6-12(11)16(22)23-2/h3-9H,18H2,1-2H3,(H2,19,20,24). The van der Waals surface area contributed by atoms with E-state index in [1.165, 1.54) is 7.11 Å². The molecule has 0 aromatic heterocycles. The molecule has 0 aliphatic carbocycles. The van der Waals surface area contributed by atoms with Crippen molar-refractivity contribution in [2.45, 2.75) is 6.92 Å². The highest BCUT2D eigenvalue weighted by Gasteiger charge is 2.21. The van der Waals surface area contributed by atoms with Crippen LogP contribution in [0.2, 0.25) is 0 Å². The molecule has 2 aromatic carbocycles. The lowest BCUT2D eigenvalue weighted by Gasteiger charge is -2.14. The first-order chi connectivity index (χ1) is 11.5. The quantitative estimate of drug-likeness (QED) is 0.257. The number of carbonyl (C=O) groups excluding carboxylic acids is 2. The number of hydrazine groups is 1. The Morgan fingerprint density at radius 1 is 1.08 bits per heavy atom. The molecule has 2 aromatic rings. The van der Waals surface area contributed by atoms with Crippen LogP contribution in [0.3, 0.4) is 0 Å². The summed E-state index contributed by atoms with van der Waals surface area (Å²) in [6.45, 7) is 1.87. The van der Waals surface area contributed by atoms with E-state index in [0.717, 1.165) is 5.56 Å². The first-order valence-corrected chi connectivity index (χ1v) is 7.49. The Hall–Kier alpha value is -2.77. The van der Waals surface area contributed by atoms with Gasteiger partial charge in [-0.25, -0.2) is 10.6 Å². The monoisotopic (exact) mass is 343 g/mol. The van der Waals surface area contributed by atoms with E-state index in [2.05, 4.69) is 10.7 Å². The van der Waals surface area contributed by atoms with Gasteiger partial charge in [0.25, 0.3) is 0 Å². The highest BCUT2D eigenvalue weighted by Crippen LogP contribution is 2.23. The van der Waals surface area contributed by atoms with Crippen molar-refractivity contribution in [1.29, 1.82) is 0 Å². The smallest absolute Gasteiger partial charge is 0.338 e. The summed E-state index contributed by atoms with van der Waals surface area (Å²) in [4.78, 5) is 24.9. The minimum absolute atomic E-state index is 0.175. The van der Waals surface area contributed by atoms with Crippen LogP contribution in [-0.2, 0) is 4.74 Å². The molecule has 0 amide bonds. The van der Waals surface area contributed by atoms with Crippen molar-refractivity contribution in [1.82, 2.24) is 5.43 Å². The molecule has 0 aliphatic heterocycles. The number of methoxy groups -OCH3 is 1. The summed E-state index contributed by atoms with van der Waals surface area (Å²) < 4.78 is 4.74. The molecule has 0 saturated carbocycles. The topological polar surface area (TPSA) is 93.5 Å². The van der Waals surface area contributed by atoms with Crippen LogP contribution >= 0.6 is 12.2 Å². The SMILES string of the molecule is COC(=O)c1ccccc1C(=O)c1cc(C)ccc1NC(=S)NN. The van der Waals surface area contributed by atoms with E-state index in [1.807, 2.05) is 13.0 Å². The van der Waals surface area contributed by atoms with E-state index < -0.39 is 5.97 Å². The largest absolute Gasteiger partial charge is 0.465 e. The fraction of sp³-hybridized carbons (Fsp3) is 0.118. The van der Waals surface area contributed by atoms with Crippen molar-refractivity contribution in [3.8, 4) is 0 Å². The Balaban J connectivity index is 2.52. The highest BCUT2D eigenvalue weighted by atomic mass is 32.1. The summed E-state index contributed by atoms with van der Waals surface area (Å²) in [6, 6.07) is 11.8. The lowest BCUT2D eigenvalue weighted by molar-refractivity contribution is 0.0597. The predicted molar refractivity (Wildman–Crippen MR) is 95.9 cm³/mol. The average molecular weight is 343 g/mol. The maximum absolute atomic E-state index is 13.0. The number of ether oxygens (including phenoxy) is 1. The molecule has 7 heteroatoms. The van der Waals surface area contributed by atoms with Gasteiger partial charge in [0.05, 0.1) is 18.4 Å². The van der Waals surface area contributed by atoms with E-state index in [0.29, 0.717) is 11.3 Å². The number of esters is 1. The normalized spacial score (nSPS) is 9.96. The van der Waals surface area contributed by atoms with Crippen molar-refractivity contribution in [2.75, 3.05) is 12.4 Å². The van der Waals surface area contributed by atoms with E-state index in [1.54, 1.807) is 36.4 Å². The van der Waals surface area contributed by atoms with Gasteiger partial charge in [0.15, 0.2) is 10.9 Å². The molecule has 0 atom stereocenters. The van der Waals surface area contributed by atoms with Crippen LogP contribution in [0.5, 0.6) is 0 Å². The molecule has 24 heavy (non-hydrogen) atoms. The lowest BCUT2D eigenvalue weighted by Crippen LogP contribution is -2.34. The van der Waals surface area contributed by atoms with Gasteiger partial charge in [-0.1, -0.05) is 29.8 Å². The minimum atomic E-state index is -0.569. The summed E-state index contributed by atoms with van der Waals surface area (Å²) in [5, 5.41) is 3.03. The third-order valence-corrected chi connectivity index (χ3v) is 3.60. The number of carbonyl (C=O) groups is 2.